The summed E-state index contributed by atoms with van der Waals surface area (Å²) in [6.45, 7) is 9.77. The molecular formula is C16H27NO. The molecule has 1 unspecified atom stereocenters. The largest absolute Gasteiger partial charge is 0.376 e. The van der Waals surface area contributed by atoms with Gasteiger partial charge in [-0.05, 0) is 54.9 Å². The van der Waals surface area contributed by atoms with Crippen molar-refractivity contribution in [3.63, 3.8) is 0 Å². The van der Waals surface area contributed by atoms with Gasteiger partial charge in [-0.2, -0.15) is 0 Å². The Hall–Kier alpha value is -0.0800. The van der Waals surface area contributed by atoms with E-state index in [1.165, 1.54) is 19.4 Å². The van der Waals surface area contributed by atoms with Gasteiger partial charge in [0.1, 0.15) is 0 Å². The average Bonchev–Trinajstić information content (AvgIpc) is 2.87. The summed E-state index contributed by atoms with van der Waals surface area (Å²) in [7, 11) is 2.34. The van der Waals surface area contributed by atoms with Crippen LogP contribution in [-0.2, 0) is 4.74 Å². The van der Waals surface area contributed by atoms with Gasteiger partial charge in [0.15, 0.2) is 0 Å². The molecule has 2 heteroatoms. The lowest BCUT2D eigenvalue weighted by atomic mass is 9.55. The molecule has 0 spiro atoms. The van der Waals surface area contributed by atoms with Crippen LogP contribution in [0.25, 0.3) is 0 Å². The molecule has 2 nitrogen and oxygen atoms in total. The molecule has 0 radical (unpaired) electrons. The van der Waals surface area contributed by atoms with E-state index in [0.717, 1.165) is 36.2 Å². The first-order chi connectivity index (χ1) is 8.55. The zero-order chi connectivity index (χ0) is 12.7. The molecule has 0 aromatic heterocycles. The van der Waals surface area contributed by atoms with E-state index in [0.29, 0.717) is 17.6 Å². The molecule has 2 heterocycles. The molecule has 18 heavy (non-hydrogen) atoms. The van der Waals surface area contributed by atoms with Gasteiger partial charge in [0, 0.05) is 12.6 Å². The molecular weight excluding hydrogens is 222 g/mol. The zero-order valence-electron chi connectivity index (χ0n) is 12.2. The van der Waals surface area contributed by atoms with Gasteiger partial charge in [0.25, 0.3) is 0 Å². The summed E-state index contributed by atoms with van der Waals surface area (Å²) in [5, 5.41) is 0. The van der Waals surface area contributed by atoms with E-state index in [1.54, 1.807) is 0 Å². The van der Waals surface area contributed by atoms with E-state index < -0.39 is 0 Å². The minimum absolute atomic E-state index is 0.518. The molecule has 0 aromatic carbocycles. The fourth-order valence-electron chi connectivity index (χ4n) is 6.52. The highest BCUT2D eigenvalue weighted by Gasteiger charge is 2.68. The van der Waals surface area contributed by atoms with Crippen LogP contribution in [0, 0.1) is 35.0 Å². The summed E-state index contributed by atoms with van der Waals surface area (Å²) < 4.78 is 6.31. The maximum Gasteiger partial charge on any atom is 0.0769 e. The summed E-state index contributed by atoms with van der Waals surface area (Å²) in [6, 6.07) is 0.696. The number of rotatable bonds is 1. The smallest absolute Gasteiger partial charge is 0.0769 e. The van der Waals surface area contributed by atoms with E-state index in [4.69, 9.17) is 4.74 Å². The Labute approximate surface area is 111 Å². The van der Waals surface area contributed by atoms with E-state index in [-0.39, 0.29) is 0 Å². The van der Waals surface area contributed by atoms with Crippen LogP contribution in [0.1, 0.15) is 33.6 Å². The molecule has 4 rings (SSSR count). The monoisotopic (exact) mass is 249 g/mol. The van der Waals surface area contributed by atoms with Gasteiger partial charge in [-0.3, -0.25) is 4.90 Å². The zero-order valence-corrected chi connectivity index (χ0v) is 12.2. The van der Waals surface area contributed by atoms with Crippen molar-refractivity contribution in [2.75, 3.05) is 20.2 Å². The summed E-state index contributed by atoms with van der Waals surface area (Å²) in [5.41, 5.74) is 0.561. The van der Waals surface area contributed by atoms with Gasteiger partial charge in [0.2, 0.25) is 0 Å². The quantitative estimate of drug-likeness (QED) is 0.708. The highest BCUT2D eigenvalue weighted by molar-refractivity contribution is 5.18. The number of hydrogen-bond acceptors (Lipinski definition) is 2. The number of ether oxygens (including phenoxy) is 1. The van der Waals surface area contributed by atoms with Crippen LogP contribution in [0.2, 0.25) is 0 Å². The van der Waals surface area contributed by atoms with Gasteiger partial charge >= 0.3 is 0 Å². The first kappa shape index (κ1) is 11.7. The van der Waals surface area contributed by atoms with Gasteiger partial charge < -0.3 is 4.74 Å². The highest BCUT2D eigenvalue weighted by Crippen LogP contribution is 2.66. The first-order valence-corrected chi connectivity index (χ1v) is 7.87. The molecule has 2 saturated carbocycles. The van der Waals surface area contributed by atoms with Crippen LogP contribution < -0.4 is 0 Å². The second-order valence-corrected chi connectivity index (χ2v) is 7.91. The summed E-state index contributed by atoms with van der Waals surface area (Å²) in [5.74, 6) is 4.32. The molecule has 2 saturated heterocycles. The number of hydrogen-bond donors (Lipinski definition) is 0. The lowest BCUT2D eigenvalue weighted by Crippen LogP contribution is -2.57. The molecule has 2 aliphatic heterocycles. The van der Waals surface area contributed by atoms with E-state index in [9.17, 15) is 0 Å². The maximum absolute atomic E-state index is 6.31. The second kappa shape index (κ2) is 3.52. The van der Waals surface area contributed by atoms with Crippen LogP contribution in [0.4, 0.5) is 0 Å². The van der Waals surface area contributed by atoms with Crippen molar-refractivity contribution in [3.05, 3.63) is 0 Å². The SMILES string of the molecule is CC(C)[C@H]1[C@@H]2CO[C@H]1[C@H]1N(C)CC3CC[C@@H]2[C@]31C. The van der Waals surface area contributed by atoms with Crippen LogP contribution in [0.3, 0.4) is 0 Å². The molecule has 2 bridgehead atoms. The lowest BCUT2D eigenvalue weighted by molar-refractivity contribution is -0.0553. The predicted molar refractivity (Wildman–Crippen MR) is 72.3 cm³/mol. The van der Waals surface area contributed by atoms with E-state index in [2.05, 4.69) is 32.7 Å². The molecule has 2 aliphatic carbocycles. The van der Waals surface area contributed by atoms with Gasteiger partial charge in [-0.1, -0.05) is 20.8 Å². The Balaban J connectivity index is 1.81. The molecule has 102 valence electrons. The van der Waals surface area contributed by atoms with Crippen LogP contribution in [-0.4, -0.2) is 37.2 Å². The van der Waals surface area contributed by atoms with Gasteiger partial charge in [-0.15, -0.1) is 0 Å². The van der Waals surface area contributed by atoms with Crippen molar-refractivity contribution >= 4 is 0 Å². The topological polar surface area (TPSA) is 12.5 Å². The number of nitrogens with zero attached hydrogens (tertiary/aromatic N) is 1. The molecule has 4 aliphatic rings. The third kappa shape index (κ3) is 1.13. The van der Waals surface area contributed by atoms with Crippen molar-refractivity contribution < 1.29 is 4.74 Å². The van der Waals surface area contributed by atoms with Crippen molar-refractivity contribution in [2.45, 2.75) is 45.8 Å². The summed E-state index contributed by atoms with van der Waals surface area (Å²) >= 11 is 0. The van der Waals surface area contributed by atoms with Crippen molar-refractivity contribution in [1.29, 1.82) is 0 Å². The fraction of sp³-hybridized carbons (Fsp3) is 1.00. The molecule has 7 atom stereocenters. The first-order valence-electron chi connectivity index (χ1n) is 7.87. The highest BCUT2D eigenvalue weighted by atomic mass is 16.5. The molecule has 0 amide bonds. The van der Waals surface area contributed by atoms with Gasteiger partial charge in [0.05, 0.1) is 12.7 Å². The molecule has 4 fully saturated rings. The summed E-state index contributed by atoms with van der Waals surface area (Å²) in [4.78, 5) is 2.64. The van der Waals surface area contributed by atoms with Crippen molar-refractivity contribution in [2.24, 2.45) is 35.0 Å². The lowest BCUT2D eigenvalue weighted by Gasteiger charge is -2.51. The third-order valence-electron chi connectivity index (χ3n) is 7.08. The Bertz CT molecular complexity index is 368. The minimum atomic E-state index is 0.518. The van der Waals surface area contributed by atoms with Crippen LogP contribution in [0.15, 0.2) is 0 Å². The second-order valence-electron chi connectivity index (χ2n) is 7.91. The molecule has 0 aromatic rings. The normalized spacial score (nSPS) is 58.5. The fourth-order valence-corrected chi connectivity index (χ4v) is 6.52. The van der Waals surface area contributed by atoms with Crippen LogP contribution in [0.5, 0.6) is 0 Å². The van der Waals surface area contributed by atoms with E-state index in [1.807, 2.05) is 0 Å². The van der Waals surface area contributed by atoms with E-state index >= 15 is 0 Å². The predicted octanol–water partition coefficient (Wildman–Crippen LogP) is 2.63. The van der Waals surface area contributed by atoms with Crippen LogP contribution >= 0.6 is 0 Å². The third-order valence-corrected chi connectivity index (χ3v) is 7.08. The average molecular weight is 249 g/mol. The Kier molecular flexibility index (Phi) is 2.29. The number of likely N-dealkylation sites (N-methyl/N-ethyl adjacent to an activating group) is 1. The number of fused-ring (bicyclic) bond motifs is 4. The Morgan fingerprint density at radius 1 is 1.28 bits per heavy atom. The maximum atomic E-state index is 6.31. The van der Waals surface area contributed by atoms with Crippen molar-refractivity contribution in [3.8, 4) is 0 Å². The summed E-state index contributed by atoms with van der Waals surface area (Å²) in [6.07, 6.45) is 3.45. The van der Waals surface area contributed by atoms with Crippen molar-refractivity contribution in [1.82, 2.24) is 4.90 Å². The van der Waals surface area contributed by atoms with Gasteiger partial charge in [-0.25, -0.2) is 0 Å². The standard InChI is InChI=1S/C16H27NO/c1-9(2)13-11-8-18-14(13)15-16(3)10(7-17(15)4)5-6-12(11)16/h9-15H,5-8H2,1-4H3/t10?,11-,12+,13+,14-,15-,16+/m1/s1. The molecule has 0 N–H and O–H groups in total. The minimum Gasteiger partial charge on any atom is -0.376 e. The number of likely N-dealkylation sites (tertiary alicyclic amines) is 1. The Morgan fingerprint density at radius 2 is 2.06 bits per heavy atom. The Morgan fingerprint density at radius 3 is 2.78 bits per heavy atom.